The number of aryl methyl sites for hydroxylation is 1. The molecule has 0 aliphatic rings. The third-order valence-corrected chi connectivity index (χ3v) is 4.02. The highest BCUT2D eigenvalue weighted by atomic mass is 16.2. The molecule has 2 rings (SSSR count). The molecule has 4 nitrogen and oxygen atoms in total. The van der Waals surface area contributed by atoms with Crippen molar-refractivity contribution in [3.8, 4) is 0 Å². The van der Waals surface area contributed by atoms with Gasteiger partial charge >= 0.3 is 0 Å². The Morgan fingerprint density at radius 1 is 1.00 bits per heavy atom. The maximum absolute atomic E-state index is 12.1. The van der Waals surface area contributed by atoms with Crippen LogP contribution in [0.15, 0.2) is 59.7 Å². The minimum Gasteiger partial charge on any atom is -0.376 e. The van der Waals surface area contributed by atoms with Gasteiger partial charge in [0.05, 0.1) is 12.3 Å². The number of para-hydroxylation sites is 1. The number of hydrazone groups is 1. The number of hydrogen-bond donors (Lipinski definition) is 2. The predicted octanol–water partition coefficient (Wildman–Crippen LogP) is 4.51. The van der Waals surface area contributed by atoms with E-state index < -0.39 is 0 Å². The van der Waals surface area contributed by atoms with E-state index in [4.69, 9.17) is 0 Å². The van der Waals surface area contributed by atoms with Crippen LogP contribution in [0.1, 0.15) is 43.7 Å². The first-order valence-corrected chi connectivity index (χ1v) is 8.91. The summed E-state index contributed by atoms with van der Waals surface area (Å²) in [7, 11) is 0. The highest BCUT2D eigenvalue weighted by molar-refractivity contribution is 6.01. The van der Waals surface area contributed by atoms with E-state index in [0.29, 0.717) is 0 Å². The largest absolute Gasteiger partial charge is 0.376 e. The molecule has 0 radical (unpaired) electrons. The van der Waals surface area contributed by atoms with Crippen molar-refractivity contribution in [2.24, 2.45) is 5.10 Å². The van der Waals surface area contributed by atoms with Crippen LogP contribution >= 0.6 is 0 Å². The van der Waals surface area contributed by atoms with Gasteiger partial charge < -0.3 is 5.32 Å². The fourth-order valence-corrected chi connectivity index (χ4v) is 2.55. The number of nitrogens with zero attached hydrogens (tertiary/aromatic N) is 1. The Bertz CT molecular complexity index is 695. The normalized spacial score (nSPS) is 11.2. The summed E-state index contributed by atoms with van der Waals surface area (Å²) in [4.78, 5) is 12.1. The SMILES string of the molecule is CCCCC/C(=N/NC(=O)CNc1ccccc1C)c1ccccc1. The molecule has 0 saturated carbocycles. The van der Waals surface area contributed by atoms with E-state index in [2.05, 4.69) is 22.8 Å². The Morgan fingerprint density at radius 3 is 2.44 bits per heavy atom. The molecule has 0 unspecified atom stereocenters. The lowest BCUT2D eigenvalue weighted by atomic mass is 10.0. The summed E-state index contributed by atoms with van der Waals surface area (Å²) in [5.41, 5.74) is 6.75. The van der Waals surface area contributed by atoms with Gasteiger partial charge in [0, 0.05) is 5.69 Å². The lowest BCUT2D eigenvalue weighted by Crippen LogP contribution is -2.27. The van der Waals surface area contributed by atoms with Crippen LogP contribution < -0.4 is 10.7 Å². The van der Waals surface area contributed by atoms with E-state index >= 15 is 0 Å². The van der Waals surface area contributed by atoms with Crippen molar-refractivity contribution in [2.45, 2.75) is 39.5 Å². The molecule has 0 atom stereocenters. The fourth-order valence-electron chi connectivity index (χ4n) is 2.55. The predicted molar refractivity (Wildman–Crippen MR) is 105 cm³/mol. The maximum Gasteiger partial charge on any atom is 0.259 e. The molecule has 0 fully saturated rings. The summed E-state index contributed by atoms with van der Waals surface area (Å²) in [6.07, 6.45) is 4.26. The van der Waals surface area contributed by atoms with Gasteiger partial charge in [0.2, 0.25) is 0 Å². The van der Waals surface area contributed by atoms with Gasteiger partial charge in [-0.3, -0.25) is 4.79 Å². The number of hydrogen-bond acceptors (Lipinski definition) is 3. The first-order valence-electron chi connectivity index (χ1n) is 8.91. The van der Waals surface area contributed by atoms with Crippen molar-refractivity contribution >= 4 is 17.3 Å². The number of nitrogens with one attached hydrogen (secondary N) is 2. The van der Waals surface area contributed by atoms with Crippen LogP contribution in [-0.2, 0) is 4.79 Å². The molecule has 0 aliphatic carbocycles. The van der Waals surface area contributed by atoms with Crippen LogP contribution in [0.5, 0.6) is 0 Å². The molecule has 0 spiro atoms. The highest BCUT2D eigenvalue weighted by Gasteiger charge is 2.06. The van der Waals surface area contributed by atoms with Crippen molar-refractivity contribution in [1.29, 1.82) is 0 Å². The summed E-state index contributed by atoms with van der Waals surface area (Å²) in [5.74, 6) is -0.146. The van der Waals surface area contributed by atoms with Crippen LogP contribution in [0.2, 0.25) is 0 Å². The van der Waals surface area contributed by atoms with Crippen LogP contribution in [0.4, 0.5) is 5.69 Å². The molecule has 25 heavy (non-hydrogen) atoms. The Hall–Kier alpha value is -2.62. The zero-order chi connectivity index (χ0) is 17.9. The molecule has 0 heterocycles. The molecule has 2 aromatic carbocycles. The topological polar surface area (TPSA) is 53.5 Å². The molecular weight excluding hydrogens is 310 g/mol. The first kappa shape index (κ1) is 18.7. The summed E-state index contributed by atoms with van der Waals surface area (Å²) in [6, 6.07) is 17.9. The van der Waals surface area contributed by atoms with Crippen LogP contribution in [-0.4, -0.2) is 18.2 Å². The third kappa shape index (κ3) is 6.42. The van der Waals surface area contributed by atoms with Crippen molar-refractivity contribution < 1.29 is 4.79 Å². The molecule has 132 valence electrons. The molecule has 0 aliphatic heterocycles. The van der Waals surface area contributed by atoms with E-state index in [1.165, 1.54) is 0 Å². The van der Waals surface area contributed by atoms with Crippen molar-refractivity contribution in [3.63, 3.8) is 0 Å². The van der Waals surface area contributed by atoms with Gasteiger partial charge in [-0.2, -0.15) is 5.10 Å². The number of carbonyl (C=O) groups is 1. The van der Waals surface area contributed by atoms with Gasteiger partial charge in [0.25, 0.3) is 5.91 Å². The Kier molecular flexibility index (Phi) is 7.70. The average molecular weight is 337 g/mol. The Morgan fingerprint density at radius 2 is 1.72 bits per heavy atom. The second kappa shape index (κ2) is 10.3. The summed E-state index contributed by atoms with van der Waals surface area (Å²) in [5, 5.41) is 7.52. The van der Waals surface area contributed by atoms with Crippen molar-refractivity contribution in [3.05, 3.63) is 65.7 Å². The molecule has 2 aromatic rings. The fraction of sp³-hybridized carbons (Fsp3) is 0.333. The van der Waals surface area contributed by atoms with E-state index in [1.807, 2.05) is 61.5 Å². The van der Waals surface area contributed by atoms with Crippen LogP contribution in [0.3, 0.4) is 0 Å². The number of benzene rings is 2. The molecule has 0 aromatic heterocycles. The van der Waals surface area contributed by atoms with E-state index in [-0.39, 0.29) is 12.5 Å². The Labute approximate surface area is 150 Å². The van der Waals surface area contributed by atoms with Crippen molar-refractivity contribution in [1.82, 2.24) is 5.43 Å². The minimum absolute atomic E-state index is 0.146. The minimum atomic E-state index is -0.146. The quantitative estimate of drug-likeness (QED) is 0.402. The lowest BCUT2D eigenvalue weighted by Gasteiger charge is -2.10. The summed E-state index contributed by atoms with van der Waals surface area (Å²) < 4.78 is 0. The number of anilines is 1. The second-order valence-electron chi connectivity index (χ2n) is 6.09. The van der Waals surface area contributed by atoms with Gasteiger partial charge in [-0.25, -0.2) is 5.43 Å². The molecular formula is C21H27N3O. The van der Waals surface area contributed by atoms with Gasteiger partial charge in [0.1, 0.15) is 0 Å². The van der Waals surface area contributed by atoms with E-state index in [9.17, 15) is 4.79 Å². The van der Waals surface area contributed by atoms with Gasteiger partial charge in [0.15, 0.2) is 0 Å². The van der Waals surface area contributed by atoms with Crippen molar-refractivity contribution in [2.75, 3.05) is 11.9 Å². The zero-order valence-corrected chi connectivity index (χ0v) is 15.1. The lowest BCUT2D eigenvalue weighted by molar-refractivity contribution is -0.119. The maximum atomic E-state index is 12.1. The molecule has 4 heteroatoms. The second-order valence-corrected chi connectivity index (χ2v) is 6.09. The smallest absolute Gasteiger partial charge is 0.259 e. The molecule has 1 amide bonds. The summed E-state index contributed by atoms with van der Waals surface area (Å²) in [6.45, 7) is 4.39. The number of carbonyl (C=O) groups excluding carboxylic acids is 1. The summed E-state index contributed by atoms with van der Waals surface area (Å²) >= 11 is 0. The van der Waals surface area contributed by atoms with Gasteiger partial charge in [-0.15, -0.1) is 0 Å². The van der Waals surface area contributed by atoms with Crippen LogP contribution in [0.25, 0.3) is 0 Å². The molecule has 0 saturated heterocycles. The third-order valence-electron chi connectivity index (χ3n) is 4.02. The van der Waals surface area contributed by atoms with Crippen LogP contribution in [0, 0.1) is 6.92 Å². The standard InChI is InChI=1S/C21H27N3O/c1-3-4-6-15-20(18-12-7-5-8-13-18)23-24-21(25)16-22-19-14-10-9-11-17(19)2/h5,7-14,22H,3-4,6,15-16H2,1-2H3,(H,24,25)/b23-20-. The van der Waals surface area contributed by atoms with E-state index in [1.54, 1.807) is 0 Å². The average Bonchev–Trinajstić information content (AvgIpc) is 2.64. The Balaban J connectivity index is 1.94. The molecule has 0 bridgehead atoms. The van der Waals surface area contributed by atoms with Gasteiger partial charge in [-0.05, 0) is 37.0 Å². The van der Waals surface area contributed by atoms with Gasteiger partial charge in [-0.1, -0.05) is 68.3 Å². The molecule has 2 N–H and O–H groups in total. The number of amides is 1. The van der Waals surface area contributed by atoms with E-state index in [0.717, 1.165) is 48.2 Å². The first-order chi connectivity index (χ1) is 12.2. The zero-order valence-electron chi connectivity index (χ0n) is 15.1. The highest BCUT2D eigenvalue weighted by Crippen LogP contribution is 2.12. The number of rotatable bonds is 9. The number of unbranched alkanes of at least 4 members (excludes halogenated alkanes) is 2. The monoisotopic (exact) mass is 337 g/mol.